The molecular formula is C41H35N. The molecule has 0 aromatic heterocycles. The van der Waals surface area contributed by atoms with Crippen molar-refractivity contribution in [1.82, 2.24) is 0 Å². The number of anilines is 2. The Kier molecular flexibility index (Phi) is 6.32. The van der Waals surface area contributed by atoms with Crippen molar-refractivity contribution in [2.75, 3.05) is 4.90 Å². The maximum absolute atomic E-state index is 2.42. The fraction of sp³-hybridized carbons (Fsp3) is 0.122. The van der Waals surface area contributed by atoms with Crippen LogP contribution in [0.1, 0.15) is 38.8 Å². The second kappa shape index (κ2) is 10.2. The molecule has 0 heterocycles. The lowest BCUT2D eigenvalue weighted by atomic mass is 9.81. The number of hydrogen-bond acceptors (Lipinski definition) is 1. The van der Waals surface area contributed by atoms with Gasteiger partial charge in [-0.3, -0.25) is 0 Å². The molecule has 0 bridgehead atoms. The van der Waals surface area contributed by atoms with Gasteiger partial charge in [0, 0.05) is 22.2 Å². The van der Waals surface area contributed by atoms with Crippen LogP contribution in [0.3, 0.4) is 0 Å². The molecule has 204 valence electrons. The Morgan fingerprint density at radius 3 is 1.88 bits per heavy atom. The zero-order valence-electron chi connectivity index (χ0n) is 24.7. The van der Waals surface area contributed by atoms with Gasteiger partial charge >= 0.3 is 0 Å². The molecular weight excluding hydrogens is 506 g/mol. The van der Waals surface area contributed by atoms with Gasteiger partial charge in [0.2, 0.25) is 0 Å². The monoisotopic (exact) mass is 541 g/mol. The summed E-state index contributed by atoms with van der Waals surface area (Å²) in [6.45, 7) is 9.06. The highest BCUT2D eigenvalue weighted by Gasteiger charge is 2.36. The number of benzene rings is 6. The van der Waals surface area contributed by atoms with E-state index in [4.69, 9.17) is 0 Å². The first-order valence-electron chi connectivity index (χ1n) is 14.8. The van der Waals surface area contributed by atoms with E-state index in [2.05, 4.69) is 172 Å². The second-order valence-corrected chi connectivity index (χ2v) is 11.8. The van der Waals surface area contributed by atoms with E-state index >= 15 is 0 Å². The summed E-state index contributed by atoms with van der Waals surface area (Å²) in [6, 6.07) is 48.8. The van der Waals surface area contributed by atoms with E-state index in [1.54, 1.807) is 0 Å². The van der Waals surface area contributed by atoms with Crippen LogP contribution in [0.4, 0.5) is 11.4 Å². The average Bonchev–Trinajstić information content (AvgIpc) is 3.27. The van der Waals surface area contributed by atoms with Crippen LogP contribution in [0.5, 0.6) is 0 Å². The van der Waals surface area contributed by atoms with E-state index in [1.165, 1.54) is 72.4 Å². The van der Waals surface area contributed by atoms with Crippen LogP contribution in [-0.4, -0.2) is 0 Å². The first-order valence-corrected chi connectivity index (χ1v) is 14.8. The summed E-state index contributed by atoms with van der Waals surface area (Å²) in [6.07, 6.45) is 2.20. The molecule has 1 aliphatic rings. The maximum atomic E-state index is 2.42. The first kappa shape index (κ1) is 26.0. The van der Waals surface area contributed by atoms with Gasteiger partial charge in [-0.15, -0.1) is 0 Å². The van der Waals surface area contributed by atoms with Gasteiger partial charge in [-0.25, -0.2) is 0 Å². The number of hydrogen-bond donors (Lipinski definition) is 0. The van der Waals surface area contributed by atoms with Gasteiger partial charge in [-0.1, -0.05) is 129 Å². The third-order valence-corrected chi connectivity index (χ3v) is 9.02. The summed E-state index contributed by atoms with van der Waals surface area (Å²) in [4.78, 5) is 2.40. The van der Waals surface area contributed by atoms with Gasteiger partial charge in [0.1, 0.15) is 0 Å². The SMILES string of the molecule is C/C=C(\C)N(c1ccc2c(c1)C(C)(C)c1cc(-c3ccc(-c4ccccc4)cc3)ccc1-2)c1cccc2ccccc12. The summed E-state index contributed by atoms with van der Waals surface area (Å²) >= 11 is 0. The molecule has 1 aliphatic carbocycles. The summed E-state index contributed by atoms with van der Waals surface area (Å²) in [5.74, 6) is 0. The van der Waals surface area contributed by atoms with Crippen molar-refractivity contribution in [3.8, 4) is 33.4 Å². The highest BCUT2D eigenvalue weighted by molar-refractivity contribution is 5.97. The fourth-order valence-electron chi connectivity index (χ4n) is 6.59. The molecule has 0 saturated heterocycles. The van der Waals surface area contributed by atoms with Crippen LogP contribution in [0.2, 0.25) is 0 Å². The van der Waals surface area contributed by atoms with E-state index in [-0.39, 0.29) is 5.41 Å². The van der Waals surface area contributed by atoms with Gasteiger partial charge in [-0.05, 0) is 88.0 Å². The molecule has 0 saturated carbocycles. The quantitative estimate of drug-likeness (QED) is 0.210. The summed E-state index contributed by atoms with van der Waals surface area (Å²) < 4.78 is 0. The predicted octanol–water partition coefficient (Wildman–Crippen LogP) is 11.5. The zero-order chi connectivity index (χ0) is 28.8. The Hall–Kier alpha value is -4.88. The van der Waals surface area contributed by atoms with Crippen molar-refractivity contribution in [2.45, 2.75) is 33.1 Å². The third-order valence-electron chi connectivity index (χ3n) is 9.02. The van der Waals surface area contributed by atoms with E-state index in [0.29, 0.717) is 0 Å². The molecule has 1 heteroatoms. The largest absolute Gasteiger partial charge is 0.314 e. The Morgan fingerprint density at radius 1 is 0.571 bits per heavy atom. The van der Waals surface area contributed by atoms with Gasteiger partial charge in [0.05, 0.1) is 5.69 Å². The lowest BCUT2D eigenvalue weighted by molar-refractivity contribution is 0.660. The number of rotatable bonds is 5. The molecule has 0 amide bonds. The molecule has 0 radical (unpaired) electrons. The normalized spacial score (nSPS) is 13.6. The smallest absolute Gasteiger partial charge is 0.0536 e. The van der Waals surface area contributed by atoms with Crippen LogP contribution in [0.15, 0.2) is 145 Å². The Bertz CT molecular complexity index is 1950. The van der Waals surface area contributed by atoms with Crippen molar-refractivity contribution in [3.63, 3.8) is 0 Å². The topological polar surface area (TPSA) is 3.24 Å². The molecule has 0 spiro atoms. The fourth-order valence-corrected chi connectivity index (χ4v) is 6.59. The van der Waals surface area contributed by atoms with Crippen LogP contribution in [-0.2, 0) is 5.41 Å². The van der Waals surface area contributed by atoms with Crippen LogP contribution in [0.25, 0.3) is 44.2 Å². The van der Waals surface area contributed by atoms with Crippen molar-refractivity contribution < 1.29 is 0 Å². The van der Waals surface area contributed by atoms with Crippen LogP contribution in [0, 0.1) is 0 Å². The van der Waals surface area contributed by atoms with E-state index in [1.807, 2.05) is 0 Å². The van der Waals surface area contributed by atoms with E-state index < -0.39 is 0 Å². The third kappa shape index (κ3) is 4.25. The Morgan fingerprint density at radius 2 is 1.14 bits per heavy atom. The molecule has 6 aromatic rings. The highest BCUT2D eigenvalue weighted by Crippen LogP contribution is 2.51. The number of fused-ring (bicyclic) bond motifs is 4. The van der Waals surface area contributed by atoms with Gasteiger partial charge < -0.3 is 4.90 Å². The van der Waals surface area contributed by atoms with E-state index in [0.717, 1.165) is 0 Å². The maximum Gasteiger partial charge on any atom is 0.0536 e. The number of nitrogens with zero attached hydrogens (tertiary/aromatic N) is 1. The summed E-state index contributed by atoms with van der Waals surface area (Å²) in [7, 11) is 0. The average molecular weight is 542 g/mol. The first-order chi connectivity index (χ1) is 20.5. The molecule has 7 rings (SSSR count). The standard InChI is InChI=1S/C41H35N/c1-5-28(2)42(40-17-11-15-32-14-9-10-16-35(32)40)34-23-25-37-36-24-22-33(26-38(36)41(3,4)39(37)27-34)31-20-18-30(19-21-31)29-12-7-6-8-13-29/h5-27H,1-4H3/b28-5+. The Labute approximate surface area is 249 Å². The molecule has 42 heavy (non-hydrogen) atoms. The van der Waals surface area contributed by atoms with Crippen molar-refractivity contribution in [3.05, 3.63) is 156 Å². The number of allylic oxidation sites excluding steroid dienone is 2. The molecule has 6 aromatic carbocycles. The molecule has 0 unspecified atom stereocenters. The lowest BCUT2D eigenvalue weighted by Gasteiger charge is -2.29. The zero-order valence-corrected chi connectivity index (χ0v) is 24.7. The van der Waals surface area contributed by atoms with Gasteiger partial charge in [0.25, 0.3) is 0 Å². The van der Waals surface area contributed by atoms with Crippen molar-refractivity contribution >= 4 is 22.1 Å². The van der Waals surface area contributed by atoms with Crippen LogP contribution >= 0.6 is 0 Å². The van der Waals surface area contributed by atoms with Crippen molar-refractivity contribution in [1.29, 1.82) is 0 Å². The van der Waals surface area contributed by atoms with E-state index in [9.17, 15) is 0 Å². The highest BCUT2D eigenvalue weighted by atomic mass is 15.1. The van der Waals surface area contributed by atoms with Gasteiger partial charge in [-0.2, -0.15) is 0 Å². The minimum atomic E-state index is -0.116. The van der Waals surface area contributed by atoms with Crippen LogP contribution < -0.4 is 4.90 Å². The lowest BCUT2D eigenvalue weighted by Crippen LogP contribution is -2.18. The van der Waals surface area contributed by atoms with Crippen molar-refractivity contribution in [2.24, 2.45) is 0 Å². The predicted molar refractivity (Wildman–Crippen MR) is 180 cm³/mol. The summed E-state index contributed by atoms with van der Waals surface area (Å²) in [5, 5.41) is 2.51. The summed E-state index contributed by atoms with van der Waals surface area (Å²) in [5.41, 5.74) is 13.9. The molecule has 0 aliphatic heterocycles. The molecule has 0 atom stereocenters. The minimum Gasteiger partial charge on any atom is -0.314 e. The molecule has 1 nitrogen and oxygen atoms in total. The second-order valence-electron chi connectivity index (χ2n) is 11.8. The Balaban J connectivity index is 1.28. The van der Waals surface area contributed by atoms with Gasteiger partial charge in [0.15, 0.2) is 0 Å². The molecule has 0 N–H and O–H groups in total. The molecule has 0 fully saturated rings. The minimum absolute atomic E-state index is 0.116.